The molecule has 0 fully saturated rings. The van der Waals surface area contributed by atoms with Gasteiger partial charge in [-0.15, -0.1) is 0 Å². The molecule has 8 aromatic carbocycles. The minimum Gasteiger partial charge on any atom is -0.455 e. The molecule has 3 heterocycles. The highest BCUT2D eigenvalue weighted by molar-refractivity contribution is 6.10. The zero-order valence-electron chi connectivity index (χ0n) is 32.7. The van der Waals surface area contributed by atoms with Gasteiger partial charge in [0, 0.05) is 38.6 Å². The largest absolute Gasteiger partial charge is 0.455 e. The fourth-order valence-corrected chi connectivity index (χ4v) is 7.71. The van der Waals surface area contributed by atoms with E-state index in [-0.39, 0.29) is 0 Å². The number of aromatic nitrogens is 6. The van der Waals surface area contributed by atoms with Crippen molar-refractivity contribution in [2.75, 3.05) is 0 Å². The normalized spacial score (nSPS) is 11.3. The van der Waals surface area contributed by atoms with Gasteiger partial charge in [0.2, 0.25) is 0 Å². The molecule has 0 amide bonds. The van der Waals surface area contributed by atoms with E-state index >= 15 is 0 Å². The zero-order valence-corrected chi connectivity index (χ0v) is 32.7. The first-order valence-corrected chi connectivity index (χ1v) is 20.1. The van der Waals surface area contributed by atoms with Gasteiger partial charge in [-0.2, -0.15) is 0 Å². The third kappa shape index (κ3) is 7.00. The Hall–Kier alpha value is -8.42. The van der Waals surface area contributed by atoms with E-state index in [2.05, 4.69) is 84.9 Å². The number of rotatable bonds is 8. The maximum absolute atomic E-state index is 6.66. The number of para-hydroxylation sites is 1. The third-order valence-electron chi connectivity index (χ3n) is 10.8. The van der Waals surface area contributed by atoms with Gasteiger partial charge in [0.25, 0.3) is 0 Å². The van der Waals surface area contributed by atoms with Gasteiger partial charge < -0.3 is 4.42 Å². The molecule has 7 nitrogen and oxygen atoms in total. The molecule has 0 bridgehead atoms. The Morgan fingerprint density at radius 3 is 1.15 bits per heavy atom. The smallest absolute Gasteiger partial charge is 0.167 e. The van der Waals surface area contributed by atoms with Crippen LogP contribution in [-0.4, -0.2) is 29.9 Å². The van der Waals surface area contributed by atoms with Crippen LogP contribution in [0.4, 0.5) is 0 Å². The average Bonchev–Trinajstić information content (AvgIpc) is 3.73. The molecule has 0 aliphatic rings. The second-order valence-electron chi connectivity index (χ2n) is 14.7. The number of hydrogen-bond acceptors (Lipinski definition) is 7. The van der Waals surface area contributed by atoms with E-state index in [1.807, 2.05) is 121 Å². The predicted molar refractivity (Wildman–Crippen MR) is 244 cm³/mol. The Balaban J connectivity index is 1.00. The molecule has 0 atom stereocenters. The van der Waals surface area contributed by atoms with Crippen molar-refractivity contribution < 1.29 is 4.42 Å². The molecule has 0 unspecified atom stereocenters. The molecule has 11 rings (SSSR count). The van der Waals surface area contributed by atoms with Crippen LogP contribution in [0.2, 0.25) is 0 Å². The van der Waals surface area contributed by atoms with E-state index in [0.717, 1.165) is 60.9 Å². The van der Waals surface area contributed by atoms with Crippen molar-refractivity contribution in [1.29, 1.82) is 0 Å². The second-order valence-corrected chi connectivity index (χ2v) is 14.7. The summed E-state index contributed by atoms with van der Waals surface area (Å²) in [6.07, 6.45) is 0. The van der Waals surface area contributed by atoms with Crippen LogP contribution in [0.15, 0.2) is 211 Å². The monoisotopic (exact) mass is 782 g/mol. The van der Waals surface area contributed by atoms with Gasteiger partial charge >= 0.3 is 0 Å². The van der Waals surface area contributed by atoms with Gasteiger partial charge in [-0.1, -0.05) is 176 Å². The first-order valence-electron chi connectivity index (χ1n) is 20.1. The van der Waals surface area contributed by atoms with Crippen LogP contribution in [0.5, 0.6) is 0 Å². The number of nitrogens with zero attached hydrogens (tertiary/aromatic N) is 6. The Morgan fingerprint density at radius 2 is 0.623 bits per heavy atom. The van der Waals surface area contributed by atoms with Crippen molar-refractivity contribution in [3.63, 3.8) is 0 Å². The average molecular weight is 783 g/mol. The summed E-state index contributed by atoms with van der Waals surface area (Å²) in [5, 5.41) is 1.86. The molecule has 61 heavy (non-hydrogen) atoms. The van der Waals surface area contributed by atoms with Gasteiger partial charge in [-0.05, 0) is 52.6 Å². The highest BCUT2D eigenvalue weighted by Gasteiger charge is 2.19. The van der Waals surface area contributed by atoms with Gasteiger partial charge in [0.05, 0.1) is 5.56 Å². The van der Waals surface area contributed by atoms with Crippen LogP contribution in [0.1, 0.15) is 0 Å². The minimum atomic E-state index is 0.519. The molecule has 0 saturated carbocycles. The molecular weight excluding hydrogens is 749 g/mol. The molecule has 11 aromatic rings. The van der Waals surface area contributed by atoms with Crippen molar-refractivity contribution >= 4 is 21.9 Å². The van der Waals surface area contributed by atoms with Crippen molar-refractivity contribution in [2.45, 2.75) is 0 Å². The van der Waals surface area contributed by atoms with Gasteiger partial charge in [0.15, 0.2) is 34.9 Å². The molecule has 0 aliphatic carbocycles. The lowest BCUT2D eigenvalue weighted by Gasteiger charge is -2.10. The van der Waals surface area contributed by atoms with E-state index in [0.29, 0.717) is 40.5 Å². The van der Waals surface area contributed by atoms with Crippen molar-refractivity contribution in [3.8, 4) is 90.6 Å². The third-order valence-corrected chi connectivity index (χ3v) is 10.8. The fraction of sp³-hybridized carbons (Fsp3) is 0. The van der Waals surface area contributed by atoms with Gasteiger partial charge in [0.1, 0.15) is 11.2 Å². The highest BCUT2D eigenvalue weighted by Crippen LogP contribution is 2.38. The van der Waals surface area contributed by atoms with E-state index in [1.54, 1.807) is 0 Å². The molecule has 0 saturated heterocycles. The van der Waals surface area contributed by atoms with Crippen molar-refractivity contribution in [2.24, 2.45) is 0 Å². The van der Waals surface area contributed by atoms with Gasteiger partial charge in [-0.25, -0.2) is 29.9 Å². The quantitative estimate of drug-likeness (QED) is 0.152. The summed E-state index contributed by atoms with van der Waals surface area (Å²) in [5.74, 6) is 3.46. The molecular formula is C54H34N6O. The molecule has 7 heteroatoms. The Kier molecular flexibility index (Phi) is 9.02. The summed E-state index contributed by atoms with van der Waals surface area (Å²) >= 11 is 0. The molecule has 0 aliphatic heterocycles. The van der Waals surface area contributed by atoms with E-state index < -0.39 is 0 Å². The minimum absolute atomic E-state index is 0.519. The highest BCUT2D eigenvalue weighted by atomic mass is 16.3. The molecule has 286 valence electrons. The maximum Gasteiger partial charge on any atom is 0.167 e. The predicted octanol–water partition coefficient (Wildman–Crippen LogP) is 13.3. The summed E-state index contributed by atoms with van der Waals surface area (Å²) in [6, 6.07) is 69.6. The Labute approximate surface area is 351 Å². The van der Waals surface area contributed by atoms with E-state index in [4.69, 9.17) is 34.3 Å². The zero-order chi connectivity index (χ0) is 40.5. The molecule has 0 spiro atoms. The molecule has 0 radical (unpaired) electrons. The van der Waals surface area contributed by atoms with Crippen LogP contribution in [0.25, 0.3) is 113 Å². The Bertz CT molecular complexity index is 3280. The number of furan rings is 1. The van der Waals surface area contributed by atoms with Crippen LogP contribution in [0, 0.1) is 0 Å². The maximum atomic E-state index is 6.66. The van der Waals surface area contributed by atoms with Crippen LogP contribution >= 0.6 is 0 Å². The van der Waals surface area contributed by atoms with E-state index in [9.17, 15) is 0 Å². The summed E-state index contributed by atoms with van der Waals surface area (Å²) in [4.78, 5) is 30.0. The standard InChI is InChI=1S/C54H34N6O/c1-5-15-35(16-6-1)41-23-13-24-42(33-41)36-27-29-40(30-28-36)52-56-51(39-21-11-4-12-22-39)59-54(60-52)45-26-14-25-44-46-34-43(31-32-47(46)61-48(44)45)53-57-49(37-17-7-2-8-18-37)55-50(58-53)38-19-9-3-10-20-38/h1-34H. The van der Waals surface area contributed by atoms with Crippen LogP contribution < -0.4 is 0 Å². The molecule has 3 aromatic heterocycles. The molecule has 0 N–H and O–H groups in total. The summed E-state index contributed by atoms with van der Waals surface area (Å²) < 4.78 is 6.66. The summed E-state index contributed by atoms with van der Waals surface area (Å²) in [7, 11) is 0. The van der Waals surface area contributed by atoms with Crippen molar-refractivity contribution in [3.05, 3.63) is 206 Å². The number of fused-ring (bicyclic) bond motifs is 3. The van der Waals surface area contributed by atoms with E-state index in [1.165, 1.54) is 11.1 Å². The summed E-state index contributed by atoms with van der Waals surface area (Å²) in [6.45, 7) is 0. The lowest BCUT2D eigenvalue weighted by Crippen LogP contribution is -2.00. The van der Waals surface area contributed by atoms with Crippen LogP contribution in [0.3, 0.4) is 0 Å². The first-order chi connectivity index (χ1) is 30.2. The lowest BCUT2D eigenvalue weighted by molar-refractivity contribution is 0.669. The second kappa shape index (κ2) is 15.4. The Morgan fingerprint density at radius 1 is 0.246 bits per heavy atom. The summed E-state index contributed by atoms with van der Waals surface area (Å²) in [5.41, 5.74) is 11.2. The number of hydrogen-bond donors (Lipinski definition) is 0. The first kappa shape index (κ1) is 35.7. The van der Waals surface area contributed by atoms with Crippen molar-refractivity contribution in [1.82, 2.24) is 29.9 Å². The fourth-order valence-electron chi connectivity index (χ4n) is 7.71. The topological polar surface area (TPSA) is 90.5 Å². The lowest BCUT2D eigenvalue weighted by atomic mass is 9.98. The van der Waals surface area contributed by atoms with Crippen LogP contribution in [-0.2, 0) is 0 Å². The number of benzene rings is 8. The SMILES string of the molecule is c1ccc(-c2cccc(-c3ccc(-c4nc(-c5ccccc5)nc(-c5cccc6c5oc5ccc(-c7nc(-c8ccccc8)nc(-c8ccccc8)n7)cc56)n4)cc3)c2)cc1. The van der Waals surface area contributed by atoms with Gasteiger partial charge in [-0.3, -0.25) is 0 Å².